The van der Waals surface area contributed by atoms with Crippen LogP contribution in [0.2, 0.25) is 0 Å². The van der Waals surface area contributed by atoms with Crippen LogP contribution in [0.4, 0.5) is 4.79 Å². The fraction of sp³-hybridized carbons (Fsp3) is 0.909. The van der Waals surface area contributed by atoms with E-state index in [0.717, 1.165) is 19.0 Å². The fourth-order valence-electron chi connectivity index (χ4n) is 2.66. The highest BCUT2D eigenvalue weighted by atomic mass is 16.6. The van der Waals surface area contributed by atoms with E-state index in [1.54, 1.807) is 0 Å². The molecule has 0 aromatic carbocycles. The Bertz CT molecular complexity index is 227. The molecule has 4 nitrogen and oxygen atoms in total. The van der Waals surface area contributed by atoms with Gasteiger partial charge in [0.15, 0.2) is 0 Å². The van der Waals surface area contributed by atoms with E-state index in [0.29, 0.717) is 12.6 Å². The van der Waals surface area contributed by atoms with Crippen molar-refractivity contribution < 1.29 is 9.53 Å². The van der Waals surface area contributed by atoms with Crippen LogP contribution in [0.3, 0.4) is 0 Å². The summed E-state index contributed by atoms with van der Waals surface area (Å²) in [5, 5.41) is 3.34. The zero-order chi connectivity index (χ0) is 10.7. The van der Waals surface area contributed by atoms with Crippen molar-refractivity contribution >= 4 is 6.09 Å². The quantitative estimate of drug-likeness (QED) is 0.761. The van der Waals surface area contributed by atoms with Gasteiger partial charge in [-0.25, -0.2) is 4.79 Å². The molecule has 86 valence electrons. The Morgan fingerprint density at radius 1 is 1.53 bits per heavy atom. The van der Waals surface area contributed by atoms with Gasteiger partial charge in [0.05, 0.1) is 6.54 Å². The molecule has 2 aliphatic rings. The lowest BCUT2D eigenvalue weighted by molar-refractivity contribution is 0.153. The maximum Gasteiger partial charge on any atom is 0.409 e. The van der Waals surface area contributed by atoms with Crippen molar-refractivity contribution in [2.75, 3.05) is 26.7 Å². The molecule has 0 aromatic rings. The predicted octanol–water partition coefficient (Wildman–Crippen LogP) is 1.22. The number of carbonyl (C=O) groups excluding carboxylic acids is 1. The Hall–Kier alpha value is -0.770. The van der Waals surface area contributed by atoms with Crippen LogP contribution < -0.4 is 5.32 Å². The lowest BCUT2D eigenvalue weighted by Crippen LogP contribution is -2.43. The third-order valence-corrected chi connectivity index (χ3v) is 3.60. The molecule has 1 saturated carbocycles. The monoisotopic (exact) mass is 212 g/mol. The highest BCUT2D eigenvalue weighted by Gasteiger charge is 2.29. The van der Waals surface area contributed by atoms with Gasteiger partial charge in [-0.15, -0.1) is 0 Å². The first-order valence-electron chi connectivity index (χ1n) is 5.90. The largest absolute Gasteiger partial charge is 0.448 e. The molecular weight excluding hydrogens is 192 g/mol. The number of amides is 1. The van der Waals surface area contributed by atoms with E-state index in [1.807, 2.05) is 11.9 Å². The van der Waals surface area contributed by atoms with Gasteiger partial charge in [-0.3, -0.25) is 0 Å². The molecule has 1 N–H and O–H groups in total. The topological polar surface area (TPSA) is 41.6 Å². The van der Waals surface area contributed by atoms with Crippen molar-refractivity contribution in [2.45, 2.75) is 31.7 Å². The summed E-state index contributed by atoms with van der Waals surface area (Å²) in [4.78, 5) is 13.1. The van der Waals surface area contributed by atoms with E-state index >= 15 is 0 Å². The molecule has 15 heavy (non-hydrogen) atoms. The zero-order valence-electron chi connectivity index (χ0n) is 9.37. The molecule has 0 spiro atoms. The number of cyclic esters (lactones) is 1. The SMILES string of the molecule is CNC(CN1CCOC1=O)C1CCCC1. The third-order valence-electron chi connectivity index (χ3n) is 3.60. The fourth-order valence-corrected chi connectivity index (χ4v) is 2.66. The summed E-state index contributed by atoms with van der Waals surface area (Å²) in [6, 6.07) is 0.443. The van der Waals surface area contributed by atoms with E-state index in [2.05, 4.69) is 5.32 Å². The molecule has 0 aromatic heterocycles. The molecule has 1 amide bonds. The number of nitrogens with zero attached hydrogens (tertiary/aromatic N) is 1. The summed E-state index contributed by atoms with van der Waals surface area (Å²) >= 11 is 0. The van der Waals surface area contributed by atoms with Crippen LogP contribution in [0.25, 0.3) is 0 Å². The summed E-state index contributed by atoms with van der Waals surface area (Å²) in [5.74, 6) is 0.739. The smallest absolute Gasteiger partial charge is 0.409 e. The van der Waals surface area contributed by atoms with Gasteiger partial charge in [0.25, 0.3) is 0 Å². The lowest BCUT2D eigenvalue weighted by atomic mass is 9.98. The second-order valence-corrected chi connectivity index (χ2v) is 4.50. The first-order valence-corrected chi connectivity index (χ1v) is 5.90. The predicted molar refractivity (Wildman–Crippen MR) is 57.7 cm³/mol. The average molecular weight is 212 g/mol. The van der Waals surface area contributed by atoms with Crippen molar-refractivity contribution in [3.8, 4) is 0 Å². The molecule has 0 radical (unpaired) electrons. The summed E-state index contributed by atoms with van der Waals surface area (Å²) in [6.45, 7) is 2.11. The maximum absolute atomic E-state index is 11.3. The molecule has 1 unspecified atom stereocenters. The van der Waals surface area contributed by atoms with Gasteiger partial charge in [-0.1, -0.05) is 12.8 Å². The zero-order valence-corrected chi connectivity index (χ0v) is 9.37. The van der Waals surface area contributed by atoms with E-state index in [4.69, 9.17) is 4.74 Å². The number of likely N-dealkylation sites (N-methyl/N-ethyl adjacent to an activating group) is 1. The maximum atomic E-state index is 11.3. The van der Waals surface area contributed by atoms with Crippen molar-refractivity contribution in [3.05, 3.63) is 0 Å². The van der Waals surface area contributed by atoms with Gasteiger partial charge >= 0.3 is 6.09 Å². The number of rotatable bonds is 4. The minimum atomic E-state index is -0.145. The second kappa shape index (κ2) is 4.84. The number of nitrogens with one attached hydrogen (secondary N) is 1. The van der Waals surface area contributed by atoms with E-state index in [1.165, 1.54) is 25.7 Å². The van der Waals surface area contributed by atoms with Gasteiger partial charge in [-0.2, -0.15) is 0 Å². The van der Waals surface area contributed by atoms with Gasteiger partial charge in [0.2, 0.25) is 0 Å². The molecule has 2 rings (SSSR count). The third kappa shape index (κ3) is 2.43. The van der Waals surface area contributed by atoms with Crippen LogP contribution in [0, 0.1) is 5.92 Å². The summed E-state index contributed by atoms with van der Waals surface area (Å²) in [6.07, 6.45) is 5.14. The lowest BCUT2D eigenvalue weighted by Gasteiger charge is -2.26. The molecule has 1 saturated heterocycles. The van der Waals surface area contributed by atoms with Crippen LogP contribution in [-0.4, -0.2) is 43.8 Å². The Labute approximate surface area is 91.0 Å². The van der Waals surface area contributed by atoms with Gasteiger partial charge in [-0.05, 0) is 25.8 Å². The Morgan fingerprint density at radius 3 is 2.80 bits per heavy atom. The van der Waals surface area contributed by atoms with Crippen LogP contribution in [0.15, 0.2) is 0 Å². The Balaban J connectivity index is 1.86. The molecule has 1 aliphatic heterocycles. The number of hydrogen-bond acceptors (Lipinski definition) is 3. The molecule has 1 aliphatic carbocycles. The number of carbonyl (C=O) groups is 1. The normalized spacial score (nSPS) is 24.6. The van der Waals surface area contributed by atoms with Crippen molar-refractivity contribution in [1.29, 1.82) is 0 Å². The molecule has 2 fully saturated rings. The molecule has 1 atom stereocenters. The Morgan fingerprint density at radius 2 is 2.27 bits per heavy atom. The van der Waals surface area contributed by atoms with Gasteiger partial charge in [0, 0.05) is 12.6 Å². The average Bonchev–Trinajstić information content (AvgIpc) is 2.86. The standard InChI is InChI=1S/C11H20N2O2/c1-12-10(9-4-2-3-5-9)8-13-6-7-15-11(13)14/h9-10,12H,2-8H2,1H3. The van der Waals surface area contributed by atoms with Crippen molar-refractivity contribution in [1.82, 2.24) is 10.2 Å². The first kappa shape index (κ1) is 10.7. The molecule has 4 heteroatoms. The summed E-state index contributed by atoms with van der Waals surface area (Å²) in [5.41, 5.74) is 0. The number of ether oxygens (including phenoxy) is 1. The highest BCUT2D eigenvalue weighted by Crippen LogP contribution is 2.28. The minimum absolute atomic E-state index is 0.145. The minimum Gasteiger partial charge on any atom is -0.448 e. The summed E-state index contributed by atoms with van der Waals surface area (Å²) < 4.78 is 4.93. The van der Waals surface area contributed by atoms with Gasteiger partial charge in [0.1, 0.15) is 6.61 Å². The van der Waals surface area contributed by atoms with Crippen molar-refractivity contribution in [2.24, 2.45) is 5.92 Å². The first-order chi connectivity index (χ1) is 7.31. The number of hydrogen-bond donors (Lipinski definition) is 1. The van der Waals surface area contributed by atoms with Crippen LogP contribution in [-0.2, 0) is 4.74 Å². The van der Waals surface area contributed by atoms with E-state index in [9.17, 15) is 4.79 Å². The molecular formula is C11H20N2O2. The van der Waals surface area contributed by atoms with Crippen LogP contribution in [0.1, 0.15) is 25.7 Å². The van der Waals surface area contributed by atoms with E-state index in [-0.39, 0.29) is 6.09 Å². The van der Waals surface area contributed by atoms with Crippen LogP contribution >= 0.6 is 0 Å². The van der Waals surface area contributed by atoms with Crippen molar-refractivity contribution in [3.63, 3.8) is 0 Å². The second-order valence-electron chi connectivity index (χ2n) is 4.50. The Kier molecular flexibility index (Phi) is 3.46. The molecule has 1 heterocycles. The van der Waals surface area contributed by atoms with Crippen LogP contribution in [0.5, 0.6) is 0 Å². The molecule has 0 bridgehead atoms. The highest BCUT2D eigenvalue weighted by molar-refractivity contribution is 5.69. The van der Waals surface area contributed by atoms with E-state index < -0.39 is 0 Å². The van der Waals surface area contributed by atoms with Gasteiger partial charge < -0.3 is 15.0 Å². The summed E-state index contributed by atoms with van der Waals surface area (Å²) in [7, 11) is 1.99.